The van der Waals surface area contributed by atoms with Gasteiger partial charge in [0.2, 0.25) is 0 Å². The Kier molecular flexibility index (Phi) is 6.07. The van der Waals surface area contributed by atoms with E-state index in [-0.39, 0.29) is 0 Å². The van der Waals surface area contributed by atoms with E-state index in [9.17, 15) is 0 Å². The molecule has 0 unspecified atom stereocenters. The van der Waals surface area contributed by atoms with Crippen molar-refractivity contribution in [3.8, 4) is 5.75 Å². The van der Waals surface area contributed by atoms with Crippen molar-refractivity contribution in [3.63, 3.8) is 0 Å². The van der Waals surface area contributed by atoms with E-state index in [4.69, 9.17) is 20.9 Å². The molecule has 0 aliphatic heterocycles. The van der Waals surface area contributed by atoms with Crippen LogP contribution in [-0.2, 0) is 4.74 Å². The average Bonchev–Trinajstić information content (AvgIpc) is 2.31. The van der Waals surface area contributed by atoms with E-state index < -0.39 is 0 Å². The first-order valence-corrected chi connectivity index (χ1v) is 6.10. The summed E-state index contributed by atoms with van der Waals surface area (Å²) in [6, 6.07) is 5.63. The maximum absolute atomic E-state index is 5.85. The van der Waals surface area contributed by atoms with E-state index in [2.05, 4.69) is 0 Å². The molecule has 0 saturated carbocycles. The third-order valence-electron chi connectivity index (χ3n) is 1.97. The van der Waals surface area contributed by atoms with Crippen molar-refractivity contribution in [2.75, 3.05) is 38.4 Å². The van der Waals surface area contributed by atoms with Crippen LogP contribution in [-0.4, -0.2) is 32.6 Å². The summed E-state index contributed by atoms with van der Waals surface area (Å²) in [4.78, 5) is 1.02. The highest BCUT2D eigenvalue weighted by atomic mass is 32.2. The molecule has 0 aromatic heterocycles. The number of methoxy groups -OCH3 is 1. The van der Waals surface area contributed by atoms with Crippen molar-refractivity contribution in [1.82, 2.24) is 0 Å². The Morgan fingerprint density at radius 3 is 2.81 bits per heavy atom. The van der Waals surface area contributed by atoms with Gasteiger partial charge in [0.05, 0.1) is 20.3 Å². The molecule has 16 heavy (non-hydrogen) atoms. The van der Waals surface area contributed by atoms with E-state index in [1.807, 2.05) is 18.2 Å². The highest BCUT2D eigenvalue weighted by Gasteiger charge is 2.02. The van der Waals surface area contributed by atoms with Gasteiger partial charge >= 0.3 is 0 Å². The smallest absolute Gasteiger partial charge is 0.120 e. The Bertz CT molecular complexity index is 321. The molecule has 0 aliphatic carbocycles. The Hall–Kier alpha value is -0.910. The minimum Gasteiger partial charge on any atom is -0.497 e. The van der Waals surface area contributed by atoms with Gasteiger partial charge in [-0.15, -0.1) is 11.8 Å². The van der Waals surface area contributed by atoms with Crippen molar-refractivity contribution in [2.24, 2.45) is 5.73 Å². The van der Waals surface area contributed by atoms with Crippen LogP contribution in [0.1, 0.15) is 0 Å². The van der Waals surface area contributed by atoms with Crippen LogP contribution < -0.4 is 16.2 Å². The predicted molar refractivity (Wildman–Crippen MR) is 68.0 cm³/mol. The molecule has 0 saturated heterocycles. The Morgan fingerprint density at radius 2 is 2.12 bits per heavy atom. The molecule has 5 heteroatoms. The van der Waals surface area contributed by atoms with Gasteiger partial charge in [0.25, 0.3) is 0 Å². The van der Waals surface area contributed by atoms with Gasteiger partial charge in [0.15, 0.2) is 0 Å². The average molecular weight is 242 g/mol. The summed E-state index contributed by atoms with van der Waals surface area (Å²) in [5, 5.41) is 0. The number of hydrogen-bond acceptors (Lipinski definition) is 5. The van der Waals surface area contributed by atoms with E-state index in [1.165, 1.54) is 0 Å². The zero-order valence-corrected chi connectivity index (χ0v) is 10.3. The van der Waals surface area contributed by atoms with Crippen LogP contribution in [0.15, 0.2) is 23.1 Å². The second kappa shape index (κ2) is 7.38. The first-order chi connectivity index (χ1) is 7.77. The SMILES string of the molecule is COc1ccc(N)c(SCCOCCN)c1. The van der Waals surface area contributed by atoms with Gasteiger partial charge in [-0.05, 0) is 18.2 Å². The maximum Gasteiger partial charge on any atom is 0.120 e. The van der Waals surface area contributed by atoms with Crippen LogP contribution >= 0.6 is 11.8 Å². The van der Waals surface area contributed by atoms with Gasteiger partial charge in [-0.3, -0.25) is 0 Å². The summed E-state index contributed by atoms with van der Waals surface area (Å²) >= 11 is 1.66. The van der Waals surface area contributed by atoms with Crippen LogP contribution in [0.5, 0.6) is 5.75 Å². The molecule has 4 nitrogen and oxygen atoms in total. The van der Waals surface area contributed by atoms with Gasteiger partial charge in [0, 0.05) is 22.9 Å². The second-order valence-corrected chi connectivity index (χ2v) is 4.29. The molecule has 0 radical (unpaired) electrons. The molecule has 0 bridgehead atoms. The second-order valence-electron chi connectivity index (χ2n) is 3.15. The van der Waals surface area contributed by atoms with Crippen LogP contribution in [0.25, 0.3) is 0 Å². The van der Waals surface area contributed by atoms with Gasteiger partial charge in [-0.2, -0.15) is 0 Å². The number of nitrogen functional groups attached to an aromatic ring is 1. The van der Waals surface area contributed by atoms with E-state index in [1.54, 1.807) is 18.9 Å². The predicted octanol–water partition coefficient (Wildman–Crippen LogP) is 1.34. The molecular formula is C11H18N2O2S. The highest BCUT2D eigenvalue weighted by Crippen LogP contribution is 2.28. The van der Waals surface area contributed by atoms with Crippen molar-refractivity contribution in [3.05, 3.63) is 18.2 Å². The Labute approximate surface area is 100 Å². The molecule has 0 fully saturated rings. The summed E-state index contributed by atoms with van der Waals surface area (Å²) in [5.74, 6) is 1.68. The van der Waals surface area contributed by atoms with Crippen molar-refractivity contribution in [2.45, 2.75) is 4.90 Å². The first kappa shape index (κ1) is 13.2. The molecule has 1 rings (SSSR count). The lowest BCUT2D eigenvalue weighted by atomic mass is 10.3. The number of rotatable bonds is 7. The number of thioether (sulfide) groups is 1. The van der Waals surface area contributed by atoms with E-state index in [0.29, 0.717) is 19.8 Å². The van der Waals surface area contributed by atoms with Gasteiger partial charge < -0.3 is 20.9 Å². The van der Waals surface area contributed by atoms with Crippen LogP contribution in [0.4, 0.5) is 5.69 Å². The van der Waals surface area contributed by atoms with Gasteiger partial charge in [0.1, 0.15) is 5.75 Å². The standard InChI is InChI=1S/C11H18N2O2S/c1-14-9-2-3-10(13)11(8-9)16-7-6-15-5-4-12/h2-3,8H,4-7,12-13H2,1H3. The van der Waals surface area contributed by atoms with Gasteiger partial charge in [-0.1, -0.05) is 0 Å². The lowest BCUT2D eigenvalue weighted by molar-refractivity contribution is 0.158. The fraction of sp³-hybridized carbons (Fsp3) is 0.455. The number of benzene rings is 1. The summed E-state index contributed by atoms with van der Waals surface area (Å²) < 4.78 is 10.4. The fourth-order valence-corrected chi connectivity index (χ4v) is 2.02. The van der Waals surface area contributed by atoms with Crippen LogP contribution in [0.2, 0.25) is 0 Å². The molecule has 0 atom stereocenters. The molecule has 0 amide bonds. The van der Waals surface area contributed by atoms with Crippen LogP contribution in [0.3, 0.4) is 0 Å². The fourth-order valence-electron chi connectivity index (χ4n) is 1.16. The zero-order chi connectivity index (χ0) is 11.8. The Morgan fingerprint density at radius 1 is 1.31 bits per heavy atom. The van der Waals surface area contributed by atoms with Crippen molar-refractivity contribution in [1.29, 1.82) is 0 Å². The molecular weight excluding hydrogens is 224 g/mol. The minimum atomic E-state index is 0.561. The largest absolute Gasteiger partial charge is 0.497 e. The number of nitrogens with two attached hydrogens (primary N) is 2. The summed E-state index contributed by atoms with van der Waals surface area (Å²) in [6.45, 7) is 1.85. The molecule has 0 spiro atoms. The molecule has 90 valence electrons. The lowest BCUT2D eigenvalue weighted by Gasteiger charge is -2.08. The molecule has 4 N–H and O–H groups in total. The van der Waals surface area contributed by atoms with E-state index in [0.717, 1.165) is 22.1 Å². The molecule has 1 aromatic carbocycles. The van der Waals surface area contributed by atoms with Crippen molar-refractivity contribution < 1.29 is 9.47 Å². The summed E-state index contributed by atoms with van der Waals surface area (Å²) in [5.41, 5.74) is 11.9. The zero-order valence-electron chi connectivity index (χ0n) is 9.44. The number of hydrogen-bond donors (Lipinski definition) is 2. The minimum absolute atomic E-state index is 0.561. The molecule has 0 aliphatic rings. The number of anilines is 1. The maximum atomic E-state index is 5.85. The monoisotopic (exact) mass is 242 g/mol. The normalized spacial score (nSPS) is 10.4. The van der Waals surface area contributed by atoms with Crippen molar-refractivity contribution >= 4 is 17.4 Å². The lowest BCUT2D eigenvalue weighted by Crippen LogP contribution is -2.09. The molecule has 0 heterocycles. The quantitative estimate of drug-likeness (QED) is 0.429. The van der Waals surface area contributed by atoms with E-state index >= 15 is 0 Å². The van der Waals surface area contributed by atoms with Gasteiger partial charge in [-0.25, -0.2) is 0 Å². The summed E-state index contributed by atoms with van der Waals surface area (Å²) in [7, 11) is 1.64. The summed E-state index contributed by atoms with van der Waals surface area (Å²) in [6.07, 6.45) is 0. The Balaban J connectivity index is 2.40. The molecule has 1 aromatic rings. The number of ether oxygens (including phenoxy) is 2. The first-order valence-electron chi connectivity index (χ1n) is 5.12. The topological polar surface area (TPSA) is 70.5 Å². The third-order valence-corrected chi connectivity index (χ3v) is 3.00. The third kappa shape index (κ3) is 4.30. The highest BCUT2D eigenvalue weighted by molar-refractivity contribution is 7.99. The van der Waals surface area contributed by atoms with Crippen LogP contribution in [0, 0.1) is 0 Å².